The molecule has 1 aromatic heterocycles. The van der Waals surface area contributed by atoms with Gasteiger partial charge in [-0.1, -0.05) is 6.07 Å². The van der Waals surface area contributed by atoms with Crippen molar-refractivity contribution in [2.75, 3.05) is 25.1 Å². The minimum atomic E-state index is 0.118. The highest BCUT2D eigenvalue weighted by Crippen LogP contribution is 2.23. The second-order valence-electron chi connectivity index (χ2n) is 6.18. The fraction of sp³-hybridized carbons (Fsp3) is 0.667. The van der Waals surface area contributed by atoms with Crippen molar-refractivity contribution in [3.05, 3.63) is 23.9 Å². The van der Waals surface area contributed by atoms with Crippen LogP contribution in [0.1, 0.15) is 32.8 Å². The maximum absolute atomic E-state index is 5.43. The van der Waals surface area contributed by atoms with Crippen LogP contribution in [0, 0.1) is 0 Å². The van der Waals surface area contributed by atoms with Crippen molar-refractivity contribution in [1.82, 2.24) is 10.3 Å². The van der Waals surface area contributed by atoms with E-state index in [0.717, 1.165) is 31.9 Å². The fourth-order valence-corrected chi connectivity index (χ4v) is 2.33. The topological polar surface area (TPSA) is 37.4 Å². The molecule has 2 heterocycles. The molecule has 0 spiro atoms. The molecular formula is C15H25N3O. The molecular weight excluding hydrogens is 238 g/mol. The Morgan fingerprint density at radius 2 is 2.26 bits per heavy atom. The Morgan fingerprint density at radius 1 is 1.47 bits per heavy atom. The van der Waals surface area contributed by atoms with E-state index in [0.29, 0.717) is 6.10 Å². The van der Waals surface area contributed by atoms with Gasteiger partial charge in [0.15, 0.2) is 0 Å². The lowest BCUT2D eigenvalue weighted by Crippen LogP contribution is -2.36. The van der Waals surface area contributed by atoms with Gasteiger partial charge in [0.1, 0.15) is 5.82 Å². The molecule has 0 bridgehead atoms. The molecule has 4 heteroatoms. The molecule has 4 nitrogen and oxygen atoms in total. The third kappa shape index (κ3) is 3.91. The van der Waals surface area contributed by atoms with Crippen molar-refractivity contribution >= 4 is 5.82 Å². The van der Waals surface area contributed by atoms with Crippen LogP contribution < -0.4 is 10.2 Å². The molecule has 0 radical (unpaired) electrons. The Labute approximate surface area is 116 Å². The van der Waals surface area contributed by atoms with Crippen LogP contribution in [-0.4, -0.2) is 36.8 Å². The molecule has 1 aromatic rings. The molecule has 1 aliphatic heterocycles. The molecule has 1 fully saturated rings. The van der Waals surface area contributed by atoms with Gasteiger partial charge < -0.3 is 15.0 Å². The fourth-order valence-electron chi connectivity index (χ4n) is 2.33. The maximum Gasteiger partial charge on any atom is 0.133 e. The molecule has 1 unspecified atom stereocenters. The molecule has 0 aliphatic carbocycles. The molecule has 1 saturated heterocycles. The molecule has 106 valence electrons. The zero-order valence-electron chi connectivity index (χ0n) is 12.4. The number of ether oxygens (including phenoxy) is 1. The molecule has 0 saturated carbocycles. The van der Waals surface area contributed by atoms with Gasteiger partial charge in [-0.3, -0.25) is 0 Å². The maximum atomic E-state index is 5.43. The second-order valence-corrected chi connectivity index (χ2v) is 6.18. The Morgan fingerprint density at radius 3 is 2.89 bits per heavy atom. The normalized spacial score (nSPS) is 20.0. The van der Waals surface area contributed by atoms with Crippen LogP contribution in [-0.2, 0) is 11.3 Å². The van der Waals surface area contributed by atoms with Gasteiger partial charge in [0, 0.05) is 44.0 Å². The highest BCUT2D eigenvalue weighted by molar-refractivity contribution is 5.47. The van der Waals surface area contributed by atoms with Gasteiger partial charge in [0.25, 0.3) is 0 Å². The Hall–Kier alpha value is -1.13. The molecule has 1 N–H and O–H groups in total. The minimum absolute atomic E-state index is 0.118. The lowest BCUT2D eigenvalue weighted by molar-refractivity contribution is 0.121. The number of rotatable bonds is 4. The van der Waals surface area contributed by atoms with Crippen LogP contribution in [0.25, 0.3) is 0 Å². The van der Waals surface area contributed by atoms with Crippen molar-refractivity contribution in [3.8, 4) is 0 Å². The number of hydrogen-bond acceptors (Lipinski definition) is 4. The largest absolute Gasteiger partial charge is 0.380 e. The first-order valence-corrected chi connectivity index (χ1v) is 6.96. The van der Waals surface area contributed by atoms with E-state index < -0.39 is 0 Å². The van der Waals surface area contributed by atoms with Crippen molar-refractivity contribution in [2.45, 2.75) is 45.4 Å². The first kappa shape index (κ1) is 14.3. The van der Waals surface area contributed by atoms with Crippen LogP contribution >= 0.6 is 0 Å². The lowest BCUT2D eigenvalue weighted by atomic mass is 10.1. The van der Waals surface area contributed by atoms with Gasteiger partial charge in [-0.25, -0.2) is 4.98 Å². The summed E-state index contributed by atoms with van der Waals surface area (Å²) in [4.78, 5) is 6.89. The van der Waals surface area contributed by atoms with E-state index in [9.17, 15) is 0 Å². The number of methoxy groups -OCH3 is 1. The minimum Gasteiger partial charge on any atom is -0.380 e. The van der Waals surface area contributed by atoms with Crippen LogP contribution in [0.15, 0.2) is 18.3 Å². The average Bonchev–Trinajstić information content (AvgIpc) is 2.84. The molecule has 19 heavy (non-hydrogen) atoms. The lowest BCUT2D eigenvalue weighted by Gasteiger charge is -2.24. The monoisotopic (exact) mass is 263 g/mol. The molecule has 1 aliphatic rings. The Balaban J connectivity index is 2.08. The van der Waals surface area contributed by atoms with E-state index in [2.05, 4.69) is 42.0 Å². The zero-order valence-corrected chi connectivity index (χ0v) is 12.4. The smallest absolute Gasteiger partial charge is 0.133 e. The van der Waals surface area contributed by atoms with Crippen LogP contribution in [0.5, 0.6) is 0 Å². The van der Waals surface area contributed by atoms with Gasteiger partial charge in [-0.15, -0.1) is 0 Å². The van der Waals surface area contributed by atoms with Crippen LogP contribution in [0.2, 0.25) is 0 Å². The van der Waals surface area contributed by atoms with E-state index >= 15 is 0 Å². The SMILES string of the molecule is COC1CCN(c2ncccc2CNC(C)(C)C)C1. The number of aromatic nitrogens is 1. The Bertz CT molecular complexity index is 414. The molecule has 2 rings (SSSR count). The first-order valence-electron chi connectivity index (χ1n) is 6.96. The van der Waals surface area contributed by atoms with E-state index in [4.69, 9.17) is 4.74 Å². The van der Waals surface area contributed by atoms with Crippen molar-refractivity contribution in [1.29, 1.82) is 0 Å². The summed E-state index contributed by atoms with van der Waals surface area (Å²) in [5.41, 5.74) is 1.38. The van der Waals surface area contributed by atoms with Gasteiger partial charge in [0.2, 0.25) is 0 Å². The number of nitrogens with one attached hydrogen (secondary N) is 1. The van der Waals surface area contributed by atoms with E-state index in [-0.39, 0.29) is 5.54 Å². The van der Waals surface area contributed by atoms with Crippen molar-refractivity contribution in [2.24, 2.45) is 0 Å². The number of hydrogen-bond donors (Lipinski definition) is 1. The first-order chi connectivity index (χ1) is 8.99. The molecule has 0 amide bonds. The highest BCUT2D eigenvalue weighted by atomic mass is 16.5. The number of pyridine rings is 1. The van der Waals surface area contributed by atoms with E-state index in [1.54, 1.807) is 7.11 Å². The van der Waals surface area contributed by atoms with Crippen molar-refractivity contribution in [3.63, 3.8) is 0 Å². The number of nitrogens with zero attached hydrogens (tertiary/aromatic N) is 2. The number of anilines is 1. The summed E-state index contributed by atoms with van der Waals surface area (Å²) in [6.07, 6.45) is 3.29. The van der Waals surface area contributed by atoms with Crippen LogP contribution in [0.3, 0.4) is 0 Å². The molecule has 1 atom stereocenters. The zero-order chi connectivity index (χ0) is 13.9. The van der Waals surface area contributed by atoms with E-state index in [1.807, 2.05) is 12.3 Å². The summed E-state index contributed by atoms with van der Waals surface area (Å²) >= 11 is 0. The standard InChI is InChI=1S/C15H25N3O/c1-15(2,3)17-10-12-6-5-8-16-14(12)18-9-7-13(11-18)19-4/h5-6,8,13,17H,7,9-11H2,1-4H3. The summed E-state index contributed by atoms with van der Waals surface area (Å²) < 4.78 is 5.43. The Kier molecular flexibility index (Phi) is 4.42. The summed E-state index contributed by atoms with van der Waals surface area (Å²) in [6, 6.07) is 4.16. The third-order valence-corrected chi connectivity index (χ3v) is 3.45. The van der Waals surface area contributed by atoms with Crippen molar-refractivity contribution < 1.29 is 4.74 Å². The van der Waals surface area contributed by atoms with E-state index in [1.165, 1.54) is 5.56 Å². The molecule has 0 aromatic carbocycles. The predicted octanol–water partition coefficient (Wildman–Crippen LogP) is 2.19. The van der Waals surface area contributed by atoms with Gasteiger partial charge in [-0.2, -0.15) is 0 Å². The quantitative estimate of drug-likeness (QED) is 0.903. The highest BCUT2D eigenvalue weighted by Gasteiger charge is 2.24. The summed E-state index contributed by atoms with van der Waals surface area (Å²) in [5, 5.41) is 3.53. The summed E-state index contributed by atoms with van der Waals surface area (Å²) in [6.45, 7) is 9.36. The summed E-state index contributed by atoms with van der Waals surface area (Å²) in [5.74, 6) is 1.10. The van der Waals surface area contributed by atoms with Gasteiger partial charge in [-0.05, 0) is 33.3 Å². The van der Waals surface area contributed by atoms with Gasteiger partial charge >= 0.3 is 0 Å². The second kappa shape index (κ2) is 5.88. The predicted molar refractivity (Wildman–Crippen MR) is 78.5 cm³/mol. The average molecular weight is 263 g/mol. The van der Waals surface area contributed by atoms with Gasteiger partial charge in [0.05, 0.1) is 6.10 Å². The van der Waals surface area contributed by atoms with Crippen LogP contribution in [0.4, 0.5) is 5.82 Å². The third-order valence-electron chi connectivity index (χ3n) is 3.45. The summed E-state index contributed by atoms with van der Waals surface area (Å²) in [7, 11) is 1.79.